The molecular formula is C14H20Cl2N4O. The van der Waals surface area contributed by atoms with E-state index in [9.17, 15) is 4.79 Å². The predicted molar refractivity (Wildman–Crippen MR) is 84.3 cm³/mol. The number of carbonyl (C=O) groups is 1. The maximum absolute atomic E-state index is 12.0. The molecule has 1 aromatic rings. The molecule has 0 aromatic carbocycles. The van der Waals surface area contributed by atoms with Crippen LogP contribution in [0.25, 0.3) is 0 Å². The largest absolute Gasteiger partial charge is 0.355 e. The normalized spacial score (nSPS) is 19.5. The van der Waals surface area contributed by atoms with Crippen LogP contribution < -0.4 is 11.1 Å². The molecular weight excluding hydrogens is 311 g/mol. The number of aromatic nitrogens is 1. The van der Waals surface area contributed by atoms with E-state index in [-0.39, 0.29) is 11.8 Å². The lowest BCUT2D eigenvalue weighted by molar-refractivity contribution is -0.126. The topological polar surface area (TPSA) is 71.2 Å². The van der Waals surface area contributed by atoms with Gasteiger partial charge in [0.2, 0.25) is 5.91 Å². The lowest BCUT2D eigenvalue weighted by Gasteiger charge is -2.31. The highest BCUT2D eigenvalue weighted by Crippen LogP contribution is 2.22. The van der Waals surface area contributed by atoms with E-state index in [1.165, 1.54) is 0 Å². The summed E-state index contributed by atoms with van der Waals surface area (Å²) in [6, 6.07) is 3.42. The summed E-state index contributed by atoms with van der Waals surface area (Å²) < 4.78 is 0. The molecule has 2 heterocycles. The lowest BCUT2D eigenvalue weighted by Crippen LogP contribution is -2.43. The number of likely N-dealkylation sites (tertiary alicyclic amines) is 1. The number of hydrogen-bond donors (Lipinski definition) is 2. The zero-order chi connectivity index (χ0) is 15.2. The fourth-order valence-electron chi connectivity index (χ4n) is 2.53. The van der Waals surface area contributed by atoms with E-state index in [1.54, 1.807) is 12.1 Å². The van der Waals surface area contributed by atoms with Gasteiger partial charge in [-0.15, -0.1) is 0 Å². The first-order valence-electron chi connectivity index (χ1n) is 7.11. The highest BCUT2D eigenvalue weighted by Gasteiger charge is 2.26. The van der Waals surface area contributed by atoms with Crippen LogP contribution >= 0.6 is 23.2 Å². The Morgan fingerprint density at radius 2 is 2.29 bits per heavy atom. The molecule has 1 amide bonds. The molecule has 1 atom stereocenters. The average Bonchev–Trinajstić information content (AvgIpc) is 2.49. The Morgan fingerprint density at radius 3 is 3.05 bits per heavy atom. The van der Waals surface area contributed by atoms with Crippen LogP contribution in [0.15, 0.2) is 12.1 Å². The lowest BCUT2D eigenvalue weighted by atomic mass is 9.97. The minimum absolute atomic E-state index is 0.00302. The quantitative estimate of drug-likeness (QED) is 0.806. The van der Waals surface area contributed by atoms with Gasteiger partial charge in [-0.25, -0.2) is 4.98 Å². The van der Waals surface area contributed by atoms with E-state index in [0.717, 1.165) is 25.1 Å². The average molecular weight is 331 g/mol. The van der Waals surface area contributed by atoms with E-state index in [1.807, 2.05) is 0 Å². The summed E-state index contributed by atoms with van der Waals surface area (Å²) in [5.41, 5.74) is 6.16. The van der Waals surface area contributed by atoms with Crippen LogP contribution in [-0.2, 0) is 11.3 Å². The van der Waals surface area contributed by atoms with Gasteiger partial charge >= 0.3 is 0 Å². The second-order valence-corrected chi connectivity index (χ2v) is 6.01. The summed E-state index contributed by atoms with van der Waals surface area (Å²) in [6.45, 7) is 3.24. The standard InChI is InChI=1S/C14H20Cl2N4O/c15-11-3-4-13(16)19-12(11)9-20-7-1-2-10(8-20)14(21)18-6-5-17/h3-4,10H,1-2,5-9,17H2,(H,18,21). The second kappa shape index (κ2) is 7.94. The van der Waals surface area contributed by atoms with Gasteiger partial charge in [0, 0.05) is 26.2 Å². The number of amides is 1. The number of nitrogens with two attached hydrogens (primary N) is 1. The minimum atomic E-state index is 0.00302. The number of nitrogens with zero attached hydrogens (tertiary/aromatic N) is 2. The van der Waals surface area contributed by atoms with Gasteiger partial charge in [-0.2, -0.15) is 0 Å². The third kappa shape index (κ3) is 4.81. The van der Waals surface area contributed by atoms with Crippen molar-refractivity contribution < 1.29 is 4.79 Å². The highest BCUT2D eigenvalue weighted by atomic mass is 35.5. The summed E-state index contributed by atoms with van der Waals surface area (Å²) >= 11 is 12.0. The maximum Gasteiger partial charge on any atom is 0.224 e. The minimum Gasteiger partial charge on any atom is -0.355 e. The van der Waals surface area contributed by atoms with Gasteiger partial charge in [-0.05, 0) is 31.5 Å². The van der Waals surface area contributed by atoms with E-state index in [2.05, 4.69) is 15.2 Å². The van der Waals surface area contributed by atoms with Crippen LogP contribution in [-0.4, -0.2) is 42.0 Å². The van der Waals surface area contributed by atoms with E-state index < -0.39 is 0 Å². The van der Waals surface area contributed by atoms with Crippen molar-refractivity contribution in [2.24, 2.45) is 11.7 Å². The summed E-state index contributed by atoms with van der Waals surface area (Å²) in [5.74, 6) is 0.0820. The fraction of sp³-hybridized carbons (Fsp3) is 0.571. The van der Waals surface area contributed by atoms with Crippen molar-refractivity contribution in [3.05, 3.63) is 28.0 Å². The first kappa shape index (κ1) is 16.5. The Hall–Kier alpha value is -0.880. The molecule has 3 N–H and O–H groups in total. The molecule has 1 fully saturated rings. The predicted octanol–water partition coefficient (Wildman–Crippen LogP) is 1.68. The molecule has 0 radical (unpaired) electrons. The van der Waals surface area contributed by atoms with Gasteiger partial charge in [0.1, 0.15) is 5.15 Å². The molecule has 5 nitrogen and oxygen atoms in total. The number of rotatable bonds is 5. The fourth-order valence-corrected chi connectivity index (χ4v) is 2.86. The summed E-state index contributed by atoms with van der Waals surface area (Å²) in [4.78, 5) is 18.5. The molecule has 2 rings (SSSR count). The molecule has 1 aliphatic rings. The van der Waals surface area contributed by atoms with Crippen molar-refractivity contribution in [1.82, 2.24) is 15.2 Å². The van der Waals surface area contributed by atoms with Crippen molar-refractivity contribution in [3.63, 3.8) is 0 Å². The number of halogens is 2. The van der Waals surface area contributed by atoms with Crippen molar-refractivity contribution >= 4 is 29.1 Å². The Morgan fingerprint density at radius 1 is 1.48 bits per heavy atom. The van der Waals surface area contributed by atoms with Gasteiger partial charge < -0.3 is 11.1 Å². The number of piperidine rings is 1. The number of hydrogen-bond acceptors (Lipinski definition) is 4. The molecule has 1 aliphatic heterocycles. The molecule has 7 heteroatoms. The van der Waals surface area contributed by atoms with Crippen LogP contribution in [0.5, 0.6) is 0 Å². The van der Waals surface area contributed by atoms with Crippen molar-refractivity contribution in [3.8, 4) is 0 Å². The third-order valence-electron chi connectivity index (χ3n) is 3.58. The van der Waals surface area contributed by atoms with Gasteiger partial charge in [0.15, 0.2) is 0 Å². The highest BCUT2D eigenvalue weighted by molar-refractivity contribution is 6.32. The molecule has 0 saturated carbocycles. The first-order chi connectivity index (χ1) is 10.1. The van der Waals surface area contributed by atoms with Crippen LogP contribution in [0.4, 0.5) is 0 Å². The Bertz CT molecular complexity index is 498. The zero-order valence-electron chi connectivity index (χ0n) is 11.8. The first-order valence-corrected chi connectivity index (χ1v) is 7.87. The van der Waals surface area contributed by atoms with Gasteiger partial charge in [0.05, 0.1) is 16.6 Å². The van der Waals surface area contributed by atoms with E-state index in [4.69, 9.17) is 28.9 Å². The van der Waals surface area contributed by atoms with Crippen LogP contribution in [0, 0.1) is 5.92 Å². The van der Waals surface area contributed by atoms with Crippen LogP contribution in [0.2, 0.25) is 10.2 Å². The van der Waals surface area contributed by atoms with Gasteiger partial charge in [0.25, 0.3) is 0 Å². The van der Waals surface area contributed by atoms with E-state index in [0.29, 0.717) is 36.4 Å². The molecule has 0 spiro atoms. The maximum atomic E-state index is 12.0. The third-order valence-corrected chi connectivity index (χ3v) is 4.13. The molecule has 1 aromatic heterocycles. The SMILES string of the molecule is NCCNC(=O)C1CCCN(Cc2nc(Cl)ccc2Cl)C1. The molecule has 1 unspecified atom stereocenters. The Labute approximate surface area is 134 Å². The number of pyridine rings is 1. The van der Waals surface area contributed by atoms with Crippen LogP contribution in [0.1, 0.15) is 18.5 Å². The van der Waals surface area contributed by atoms with Crippen molar-refractivity contribution in [1.29, 1.82) is 0 Å². The monoisotopic (exact) mass is 330 g/mol. The summed E-state index contributed by atoms with van der Waals surface area (Å²) in [7, 11) is 0. The Kier molecular flexibility index (Phi) is 6.23. The zero-order valence-corrected chi connectivity index (χ0v) is 13.3. The molecule has 21 heavy (non-hydrogen) atoms. The van der Waals surface area contributed by atoms with Gasteiger partial charge in [-0.3, -0.25) is 9.69 Å². The number of carbonyl (C=O) groups excluding carboxylic acids is 1. The van der Waals surface area contributed by atoms with E-state index >= 15 is 0 Å². The smallest absolute Gasteiger partial charge is 0.224 e. The Balaban J connectivity index is 1.94. The van der Waals surface area contributed by atoms with Crippen LogP contribution in [0.3, 0.4) is 0 Å². The van der Waals surface area contributed by atoms with Crippen molar-refractivity contribution in [2.45, 2.75) is 19.4 Å². The molecule has 0 bridgehead atoms. The summed E-state index contributed by atoms with van der Waals surface area (Å²) in [6.07, 6.45) is 1.89. The molecule has 1 saturated heterocycles. The second-order valence-electron chi connectivity index (χ2n) is 5.22. The van der Waals surface area contributed by atoms with Gasteiger partial charge in [-0.1, -0.05) is 23.2 Å². The summed E-state index contributed by atoms with van der Waals surface area (Å²) in [5, 5.41) is 3.89. The van der Waals surface area contributed by atoms with Crippen molar-refractivity contribution in [2.75, 3.05) is 26.2 Å². The molecule has 116 valence electrons. The number of nitrogens with one attached hydrogen (secondary N) is 1. The molecule has 0 aliphatic carbocycles.